The Morgan fingerprint density at radius 1 is 1.24 bits per heavy atom. The summed E-state index contributed by atoms with van der Waals surface area (Å²) in [5, 5.41) is 2.61. The highest BCUT2D eigenvalue weighted by Crippen LogP contribution is 2.23. The van der Waals surface area contributed by atoms with Crippen molar-refractivity contribution in [2.24, 2.45) is 5.41 Å². The van der Waals surface area contributed by atoms with E-state index in [4.69, 9.17) is 15.0 Å². The minimum Gasteiger partial charge on any atom is -0.461 e. The predicted octanol–water partition coefficient (Wildman–Crippen LogP) is 1.52. The summed E-state index contributed by atoms with van der Waals surface area (Å²) in [6, 6.07) is -0.990. The van der Waals surface area contributed by atoms with Crippen LogP contribution in [0.3, 0.4) is 0 Å². The number of ketones is 1. The monoisotopic (exact) mass is 355 g/mol. The summed E-state index contributed by atoms with van der Waals surface area (Å²) in [4.78, 5) is 38.9. The van der Waals surface area contributed by atoms with E-state index in [-0.39, 0.29) is 18.9 Å². The third-order valence-electron chi connectivity index (χ3n) is 3.19. The second-order valence-corrected chi connectivity index (χ2v) is 7.00. The summed E-state index contributed by atoms with van der Waals surface area (Å²) >= 11 is 0. The lowest BCUT2D eigenvalue weighted by Crippen LogP contribution is -2.51. The quantitative estimate of drug-likeness (QED) is 0.276. The molecule has 0 aliphatic heterocycles. The molecule has 0 aliphatic carbocycles. The first kappa shape index (κ1) is 22.9. The van der Waals surface area contributed by atoms with Crippen LogP contribution in [0.25, 0.3) is 5.53 Å². The average molecular weight is 355 g/mol. The van der Waals surface area contributed by atoms with Gasteiger partial charge in [-0.2, -0.15) is 4.79 Å². The number of hydrogen-bond donors (Lipinski definition) is 1. The lowest BCUT2D eigenvalue weighted by Gasteiger charge is -2.30. The molecule has 0 aromatic heterocycles. The summed E-state index contributed by atoms with van der Waals surface area (Å²) < 4.78 is 10.7. The Bertz CT molecular complexity index is 519. The van der Waals surface area contributed by atoms with Gasteiger partial charge in [0.2, 0.25) is 11.7 Å². The number of nitrogens with one attached hydrogen (secondary N) is 1. The molecule has 142 valence electrons. The number of amides is 1. The number of hydrogen-bond acceptors (Lipinski definition) is 5. The van der Waals surface area contributed by atoms with E-state index in [2.05, 4.69) is 10.1 Å². The topological polar surface area (TPSA) is 118 Å². The van der Waals surface area contributed by atoms with Crippen molar-refractivity contribution < 1.29 is 28.6 Å². The minimum absolute atomic E-state index is 0.0329. The molecule has 0 spiro atoms. The first-order valence-electron chi connectivity index (χ1n) is 8.35. The third kappa shape index (κ3) is 9.12. The molecular formula is C17H29N3O5. The van der Waals surface area contributed by atoms with Crippen molar-refractivity contribution in [2.75, 3.05) is 6.61 Å². The van der Waals surface area contributed by atoms with Crippen molar-refractivity contribution in [3.05, 3.63) is 5.53 Å². The normalized spacial score (nSPS) is 13.6. The molecule has 0 aromatic rings. The van der Waals surface area contributed by atoms with E-state index in [0.29, 0.717) is 6.61 Å². The molecule has 0 radical (unpaired) electrons. The number of esters is 1. The molecule has 2 atom stereocenters. The minimum atomic E-state index is -0.990. The zero-order valence-corrected chi connectivity index (χ0v) is 15.9. The lowest BCUT2D eigenvalue weighted by atomic mass is 9.88. The first-order valence-corrected chi connectivity index (χ1v) is 8.35. The largest absolute Gasteiger partial charge is 0.461 e. The zero-order chi connectivity index (χ0) is 19.6. The molecule has 0 unspecified atom stereocenters. The highest BCUT2D eigenvalue weighted by Gasteiger charge is 2.35. The van der Waals surface area contributed by atoms with Crippen molar-refractivity contribution in [1.29, 1.82) is 0 Å². The first-order chi connectivity index (χ1) is 11.5. The van der Waals surface area contributed by atoms with Crippen LogP contribution in [-0.4, -0.2) is 53.5 Å². The number of rotatable bonds is 10. The van der Waals surface area contributed by atoms with Gasteiger partial charge in [0.15, 0.2) is 0 Å². The van der Waals surface area contributed by atoms with E-state index in [1.807, 2.05) is 20.8 Å². The van der Waals surface area contributed by atoms with E-state index >= 15 is 0 Å². The van der Waals surface area contributed by atoms with Gasteiger partial charge in [0.25, 0.3) is 0 Å². The van der Waals surface area contributed by atoms with E-state index in [1.165, 1.54) is 0 Å². The van der Waals surface area contributed by atoms with Crippen molar-refractivity contribution in [1.82, 2.24) is 5.32 Å². The predicted molar refractivity (Wildman–Crippen MR) is 92.0 cm³/mol. The standard InChI is InChI=1S/C17H29N3O5/c1-7-24-14(17(4,5)6)15(22)20-13(16(23)25-11(2)3)9-8-12(21)10-19-18/h10-11,13-14H,7-9H2,1-6H3,(H,20,22)/t13-,14+/m0/s1. The summed E-state index contributed by atoms with van der Waals surface area (Å²) in [5.74, 6) is -1.53. The van der Waals surface area contributed by atoms with Gasteiger partial charge in [0.05, 0.1) is 6.10 Å². The van der Waals surface area contributed by atoms with Crippen LogP contribution >= 0.6 is 0 Å². The van der Waals surface area contributed by atoms with Crippen LogP contribution in [0.15, 0.2) is 0 Å². The van der Waals surface area contributed by atoms with Crippen LogP contribution in [0.2, 0.25) is 0 Å². The fraction of sp³-hybridized carbons (Fsp3) is 0.765. The van der Waals surface area contributed by atoms with Gasteiger partial charge in [0, 0.05) is 13.0 Å². The molecular weight excluding hydrogens is 326 g/mol. The molecule has 0 fully saturated rings. The van der Waals surface area contributed by atoms with Crippen molar-refractivity contribution in [3.8, 4) is 0 Å². The zero-order valence-electron chi connectivity index (χ0n) is 15.9. The highest BCUT2D eigenvalue weighted by atomic mass is 16.5. The van der Waals surface area contributed by atoms with Gasteiger partial charge in [-0.1, -0.05) is 20.8 Å². The second-order valence-electron chi connectivity index (χ2n) is 7.00. The van der Waals surface area contributed by atoms with Crippen LogP contribution in [0.1, 0.15) is 54.4 Å². The van der Waals surface area contributed by atoms with Gasteiger partial charge in [-0.3, -0.25) is 9.59 Å². The Labute approximate surface area is 148 Å². The summed E-state index contributed by atoms with van der Waals surface area (Å²) in [5.41, 5.74) is 7.90. The smallest absolute Gasteiger partial charge is 0.328 e. The maximum atomic E-state index is 12.6. The number of Topliss-reactive ketones (excluding diaryl/α,β-unsaturated/α-hetero) is 1. The molecule has 8 nitrogen and oxygen atoms in total. The van der Waals surface area contributed by atoms with Gasteiger partial charge in [0.1, 0.15) is 12.1 Å². The Morgan fingerprint density at radius 3 is 2.28 bits per heavy atom. The SMILES string of the molecule is CCO[C@H](C(=O)N[C@@H](CCC(=O)C=[N+]=[N-])C(=O)OC(C)C)C(C)(C)C. The molecule has 0 saturated heterocycles. The Hall–Kier alpha value is -2.05. The fourth-order valence-corrected chi connectivity index (χ4v) is 2.11. The maximum Gasteiger partial charge on any atom is 0.328 e. The Kier molecular flexibility index (Phi) is 9.86. The molecule has 0 saturated carbocycles. The highest BCUT2D eigenvalue weighted by molar-refractivity contribution is 6.25. The van der Waals surface area contributed by atoms with Gasteiger partial charge in [-0.15, -0.1) is 0 Å². The van der Waals surface area contributed by atoms with E-state index in [1.54, 1.807) is 20.8 Å². The van der Waals surface area contributed by atoms with Gasteiger partial charge in [-0.25, -0.2) is 4.79 Å². The van der Waals surface area contributed by atoms with Crippen LogP contribution in [0, 0.1) is 5.41 Å². The summed E-state index contributed by atoms with van der Waals surface area (Å²) in [6.07, 6.45) is -0.388. The number of nitrogens with zero attached hydrogens (tertiary/aromatic N) is 2. The Morgan fingerprint density at radius 2 is 1.84 bits per heavy atom. The molecule has 0 heterocycles. The van der Waals surface area contributed by atoms with Gasteiger partial charge < -0.3 is 20.3 Å². The fourth-order valence-electron chi connectivity index (χ4n) is 2.11. The number of carbonyl (C=O) groups is 3. The van der Waals surface area contributed by atoms with E-state index in [9.17, 15) is 14.4 Å². The molecule has 0 aromatic carbocycles. The number of ether oxygens (including phenoxy) is 2. The van der Waals surface area contributed by atoms with Crippen LogP contribution in [0.5, 0.6) is 0 Å². The van der Waals surface area contributed by atoms with Gasteiger partial charge >= 0.3 is 12.2 Å². The lowest BCUT2D eigenvalue weighted by molar-refractivity contribution is -0.154. The molecule has 1 amide bonds. The van der Waals surface area contributed by atoms with Crippen molar-refractivity contribution in [3.63, 3.8) is 0 Å². The van der Waals surface area contributed by atoms with Crippen LogP contribution in [0.4, 0.5) is 0 Å². The van der Waals surface area contributed by atoms with E-state index < -0.39 is 35.2 Å². The average Bonchev–Trinajstić information content (AvgIpc) is 2.47. The third-order valence-corrected chi connectivity index (χ3v) is 3.19. The van der Waals surface area contributed by atoms with Crippen molar-refractivity contribution >= 4 is 23.9 Å². The maximum absolute atomic E-state index is 12.6. The summed E-state index contributed by atoms with van der Waals surface area (Å²) in [7, 11) is 0. The van der Waals surface area contributed by atoms with Crippen LogP contribution in [-0.2, 0) is 23.9 Å². The van der Waals surface area contributed by atoms with Crippen molar-refractivity contribution in [2.45, 2.75) is 72.6 Å². The second kappa shape index (κ2) is 10.7. The Balaban J connectivity index is 5.18. The summed E-state index contributed by atoms with van der Waals surface area (Å²) in [6.45, 7) is 11.1. The molecule has 8 heteroatoms. The number of carbonyl (C=O) groups excluding carboxylic acids is 3. The molecule has 25 heavy (non-hydrogen) atoms. The molecule has 0 aliphatic rings. The van der Waals surface area contributed by atoms with Gasteiger partial charge in [-0.05, 0) is 32.6 Å². The van der Waals surface area contributed by atoms with E-state index in [0.717, 1.165) is 6.21 Å². The molecule has 1 N–H and O–H groups in total. The molecule has 0 rings (SSSR count). The van der Waals surface area contributed by atoms with Crippen LogP contribution < -0.4 is 5.32 Å². The molecule has 0 bridgehead atoms.